The molecular weight excluding hydrogens is 360 g/mol. The Bertz CT molecular complexity index is 891. The number of aryl methyl sites for hydroxylation is 1. The van der Waals surface area contributed by atoms with Crippen molar-refractivity contribution >= 4 is 23.4 Å². The number of rotatable bonds is 7. The Morgan fingerprint density at radius 1 is 1.11 bits per heavy atom. The molecule has 0 bridgehead atoms. The molecule has 0 fully saturated rings. The first-order valence-electron chi connectivity index (χ1n) is 9.33. The van der Waals surface area contributed by atoms with Gasteiger partial charge in [-0.3, -0.25) is 0 Å². The van der Waals surface area contributed by atoms with Gasteiger partial charge in [0.05, 0.1) is 17.6 Å². The molecule has 27 heavy (non-hydrogen) atoms. The number of aliphatic hydroxyl groups is 1. The van der Waals surface area contributed by atoms with E-state index in [1.54, 1.807) is 0 Å². The summed E-state index contributed by atoms with van der Waals surface area (Å²) in [5.74, 6) is 2.20. The van der Waals surface area contributed by atoms with Crippen LogP contribution in [0.2, 0.25) is 0 Å². The van der Waals surface area contributed by atoms with Gasteiger partial charge in [-0.15, -0.1) is 12.4 Å². The highest BCUT2D eigenvalue weighted by atomic mass is 35.5. The smallest absolute Gasteiger partial charge is 0.122 e. The molecule has 2 atom stereocenters. The topological polar surface area (TPSA) is 47.3 Å². The normalized spacial score (nSPS) is 13.2. The van der Waals surface area contributed by atoms with Gasteiger partial charge in [0.15, 0.2) is 0 Å². The van der Waals surface area contributed by atoms with Gasteiger partial charge in [-0.05, 0) is 49.6 Å². The number of hydrogen-bond acceptors (Lipinski definition) is 3. The van der Waals surface area contributed by atoms with Crippen LogP contribution in [0.1, 0.15) is 43.1 Å². The van der Waals surface area contributed by atoms with Gasteiger partial charge in [-0.25, -0.2) is 4.98 Å². The maximum absolute atomic E-state index is 10.6. The average Bonchev–Trinajstić information content (AvgIpc) is 3.01. The number of benzene rings is 2. The largest absolute Gasteiger partial charge is 0.491 e. The lowest BCUT2D eigenvalue weighted by Crippen LogP contribution is -2.25. The van der Waals surface area contributed by atoms with E-state index in [4.69, 9.17) is 9.72 Å². The van der Waals surface area contributed by atoms with Gasteiger partial charge < -0.3 is 14.4 Å². The predicted octanol–water partition coefficient (Wildman–Crippen LogP) is 5.03. The van der Waals surface area contributed by atoms with Gasteiger partial charge in [0.1, 0.15) is 24.3 Å². The lowest BCUT2D eigenvalue weighted by atomic mass is 10.1. The minimum Gasteiger partial charge on any atom is -0.491 e. The molecule has 2 aromatic carbocycles. The van der Waals surface area contributed by atoms with Crippen molar-refractivity contribution in [3.8, 4) is 5.75 Å². The van der Waals surface area contributed by atoms with Crippen LogP contribution < -0.4 is 4.74 Å². The molecule has 4 nitrogen and oxygen atoms in total. The van der Waals surface area contributed by atoms with Crippen molar-refractivity contribution < 1.29 is 9.84 Å². The van der Waals surface area contributed by atoms with Crippen LogP contribution >= 0.6 is 12.4 Å². The monoisotopic (exact) mass is 388 g/mol. The second kappa shape index (κ2) is 9.25. The highest BCUT2D eigenvalue weighted by Gasteiger charge is 2.18. The molecule has 5 heteroatoms. The number of aliphatic hydroxyl groups excluding tert-OH is 1. The van der Waals surface area contributed by atoms with Crippen LogP contribution in [0.3, 0.4) is 0 Å². The fourth-order valence-corrected chi connectivity index (χ4v) is 3.17. The first-order valence-corrected chi connectivity index (χ1v) is 9.33. The van der Waals surface area contributed by atoms with E-state index in [-0.39, 0.29) is 19.0 Å². The molecule has 0 aliphatic heterocycles. The van der Waals surface area contributed by atoms with Gasteiger partial charge in [-0.2, -0.15) is 0 Å². The Labute approximate surface area is 167 Å². The van der Waals surface area contributed by atoms with Crippen molar-refractivity contribution in [3.63, 3.8) is 0 Å². The fourth-order valence-electron chi connectivity index (χ4n) is 3.17. The fraction of sp³-hybridized carbons (Fsp3) is 0.409. The average molecular weight is 389 g/mol. The SMILES string of the molecule is CCC(C)c1nc2ccccc2n1CC(O)COc1cccc(C)c1C.Cl. The summed E-state index contributed by atoms with van der Waals surface area (Å²) in [6.45, 7) is 9.18. The zero-order valence-corrected chi connectivity index (χ0v) is 17.3. The summed E-state index contributed by atoms with van der Waals surface area (Å²) >= 11 is 0. The van der Waals surface area contributed by atoms with Gasteiger partial charge in [-0.1, -0.05) is 38.1 Å². The number of halogens is 1. The lowest BCUT2D eigenvalue weighted by Gasteiger charge is -2.18. The summed E-state index contributed by atoms with van der Waals surface area (Å²) in [4.78, 5) is 4.79. The molecule has 0 aliphatic rings. The molecule has 0 saturated carbocycles. The first kappa shape index (κ1) is 21.3. The van der Waals surface area contributed by atoms with Crippen molar-refractivity contribution in [3.05, 3.63) is 59.4 Å². The number of para-hydroxylation sites is 2. The summed E-state index contributed by atoms with van der Waals surface area (Å²) in [6.07, 6.45) is 0.411. The van der Waals surface area contributed by atoms with Crippen molar-refractivity contribution in [1.82, 2.24) is 9.55 Å². The lowest BCUT2D eigenvalue weighted by molar-refractivity contribution is 0.0921. The molecule has 0 aliphatic carbocycles. The summed E-state index contributed by atoms with van der Waals surface area (Å²) < 4.78 is 8.02. The molecule has 3 aromatic rings. The van der Waals surface area contributed by atoms with Crippen molar-refractivity contribution in [2.45, 2.75) is 52.7 Å². The van der Waals surface area contributed by atoms with E-state index >= 15 is 0 Å². The third-order valence-electron chi connectivity index (χ3n) is 5.12. The standard InChI is InChI=1S/C22H28N2O2.ClH/c1-5-15(2)22-23-19-10-6-7-11-20(19)24(22)13-18(25)14-26-21-12-8-9-16(3)17(21)4;/h6-12,15,18,25H,5,13-14H2,1-4H3;1H. The molecule has 0 radical (unpaired) electrons. The molecule has 0 spiro atoms. The van der Waals surface area contributed by atoms with Crippen LogP contribution in [0, 0.1) is 13.8 Å². The minimum atomic E-state index is -0.602. The quantitative estimate of drug-likeness (QED) is 0.617. The predicted molar refractivity (Wildman–Crippen MR) is 113 cm³/mol. The molecular formula is C22H29ClN2O2. The van der Waals surface area contributed by atoms with Crippen molar-refractivity contribution in [1.29, 1.82) is 0 Å². The number of imidazole rings is 1. The van der Waals surface area contributed by atoms with Gasteiger partial charge in [0, 0.05) is 5.92 Å². The van der Waals surface area contributed by atoms with Crippen LogP contribution in [-0.2, 0) is 6.54 Å². The number of ether oxygens (including phenoxy) is 1. The third-order valence-corrected chi connectivity index (χ3v) is 5.12. The van der Waals surface area contributed by atoms with Crippen LogP contribution in [0.25, 0.3) is 11.0 Å². The second-order valence-corrected chi connectivity index (χ2v) is 7.04. The third kappa shape index (κ3) is 4.63. The summed E-state index contributed by atoms with van der Waals surface area (Å²) in [5.41, 5.74) is 4.35. The van der Waals surface area contributed by atoms with E-state index in [0.717, 1.165) is 34.6 Å². The zero-order chi connectivity index (χ0) is 18.7. The van der Waals surface area contributed by atoms with Crippen LogP contribution in [0.4, 0.5) is 0 Å². The Kier molecular flexibility index (Phi) is 7.28. The summed E-state index contributed by atoms with van der Waals surface area (Å²) in [5, 5.41) is 10.6. The Morgan fingerprint density at radius 3 is 2.59 bits per heavy atom. The van der Waals surface area contributed by atoms with Crippen molar-refractivity contribution in [2.75, 3.05) is 6.61 Å². The van der Waals surface area contributed by atoms with E-state index in [1.165, 1.54) is 5.56 Å². The minimum absolute atomic E-state index is 0. The number of fused-ring (bicyclic) bond motifs is 1. The van der Waals surface area contributed by atoms with E-state index in [1.807, 2.05) is 37.3 Å². The van der Waals surface area contributed by atoms with Crippen LogP contribution in [0.5, 0.6) is 5.75 Å². The first-order chi connectivity index (χ1) is 12.5. The van der Waals surface area contributed by atoms with Gasteiger partial charge in [0.25, 0.3) is 0 Å². The second-order valence-electron chi connectivity index (χ2n) is 7.04. The number of hydrogen-bond donors (Lipinski definition) is 1. The van der Waals surface area contributed by atoms with E-state index < -0.39 is 6.10 Å². The van der Waals surface area contributed by atoms with Gasteiger partial charge in [0.2, 0.25) is 0 Å². The number of nitrogens with zero attached hydrogens (tertiary/aromatic N) is 2. The van der Waals surface area contributed by atoms with E-state index in [2.05, 4.69) is 37.5 Å². The Hall–Kier alpha value is -2.04. The highest BCUT2D eigenvalue weighted by molar-refractivity contribution is 5.85. The van der Waals surface area contributed by atoms with E-state index in [0.29, 0.717) is 12.5 Å². The zero-order valence-electron chi connectivity index (χ0n) is 16.5. The maximum atomic E-state index is 10.6. The summed E-state index contributed by atoms with van der Waals surface area (Å²) in [6, 6.07) is 14.1. The van der Waals surface area contributed by atoms with E-state index in [9.17, 15) is 5.11 Å². The highest BCUT2D eigenvalue weighted by Crippen LogP contribution is 2.25. The molecule has 146 valence electrons. The molecule has 1 aromatic heterocycles. The summed E-state index contributed by atoms with van der Waals surface area (Å²) in [7, 11) is 0. The van der Waals surface area contributed by atoms with Crippen molar-refractivity contribution in [2.24, 2.45) is 0 Å². The molecule has 3 rings (SSSR count). The molecule has 1 heterocycles. The molecule has 0 saturated heterocycles. The number of aromatic nitrogens is 2. The van der Waals surface area contributed by atoms with Gasteiger partial charge >= 0.3 is 0 Å². The Balaban J connectivity index is 0.00000261. The molecule has 0 amide bonds. The van der Waals surface area contributed by atoms with Crippen LogP contribution in [0.15, 0.2) is 42.5 Å². The maximum Gasteiger partial charge on any atom is 0.122 e. The molecule has 2 unspecified atom stereocenters. The Morgan fingerprint density at radius 2 is 1.85 bits per heavy atom. The van der Waals surface area contributed by atoms with Crippen LogP contribution in [-0.4, -0.2) is 27.4 Å². The molecule has 1 N–H and O–H groups in total.